The van der Waals surface area contributed by atoms with Crippen molar-refractivity contribution < 1.29 is 31.8 Å². The molecule has 0 aliphatic carbocycles. The molecule has 0 spiro atoms. The maximum absolute atomic E-state index is 14.2. The molecule has 0 saturated carbocycles. The second kappa shape index (κ2) is 14.5. The summed E-state index contributed by atoms with van der Waals surface area (Å²) in [6.45, 7) is 2.48. The Balaban J connectivity index is 0.00000400. The first kappa shape index (κ1) is 29.9. The van der Waals surface area contributed by atoms with E-state index in [2.05, 4.69) is 5.32 Å². The van der Waals surface area contributed by atoms with Gasteiger partial charge >= 0.3 is 6.18 Å². The van der Waals surface area contributed by atoms with E-state index < -0.39 is 29.7 Å². The van der Waals surface area contributed by atoms with Gasteiger partial charge in [-0.3, -0.25) is 0 Å². The highest BCUT2D eigenvalue weighted by atomic mass is 35.5. The van der Waals surface area contributed by atoms with Crippen LogP contribution >= 0.6 is 12.4 Å². The molecule has 2 atom stereocenters. The Labute approximate surface area is 226 Å². The summed E-state index contributed by atoms with van der Waals surface area (Å²) in [6.07, 6.45) is -3.51. The van der Waals surface area contributed by atoms with Gasteiger partial charge in [-0.1, -0.05) is 48.5 Å². The van der Waals surface area contributed by atoms with E-state index in [1.54, 1.807) is 0 Å². The Kier molecular flexibility index (Phi) is 11.4. The van der Waals surface area contributed by atoms with Gasteiger partial charge < -0.3 is 19.5 Å². The molecule has 4 rings (SSSR count). The number of ether oxygens (including phenoxy) is 3. The van der Waals surface area contributed by atoms with Gasteiger partial charge in [-0.05, 0) is 48.4 Å². The first-order chi connectivity index (χ1) is 17.9. The van der Waals surface area contributed by atoms with E-state index >= 15 is 0 Å². The summed E-state index contributed by atoms with van der Waals surface area (Å²) >= 11 is 0. The average Bonchev–Trinajstić information content (AvgIpc) is 2.90. The van der Waals surface area contributed by atoms with E-state index in [0.29, 0.717) is 26.4 Å². The van der Waals surface area contributed by atoms with E-state index in [1.165, 1.54) is 0 Å². The van der Waals surface area contributed by atoms with Crippen LogP contribution in [0, 0.1) is 5.82 Å². The molecule has 1 heterocycles. The molecule has 1 aliphatic heterocycles. The minimum absolute atomic E-state index is 0. The molecule has 1 saturated heterocycles. The average molecular weight is 554 g/mol. The van der Waals surface area contributed by atoms with Gasteiger partial charge in [0.25, 0.3) is 0 Å². The van der Waals surface area contributed by atoms with E-state index in [1.807, 2.05) is 54.6 Å². The SMILES string of the molecule is Cl.Fc1cccc(C(F)(F)F)c1COC1CNCCC1c1ccc(OCCCOCc2ccccc2)cc1. The van der Waals surface area contributed by atoms with Gasteiger partial charge in [0.2, 0.25) is 0 Å². The minimum Gasteiger partial charge on any atom is -0.494 e. The number of piperidine rings is 1. The van der Waals surface area contributed by atoms with Crippen LogP contribution in [0.2, 0.25) is 0 Å². The number of alkyl halides is 3. The fourth-order valence-corrected chi connectivity index (χ4v) is 4.47. The Bertz CT molecular complexity index is 1110. The number of hydrogen-bond acceptors (Lipinski definition) is 4. The highest BCUT2D eigenvalue weighted by Crippen LogP contribution is 2.35. The van der Waals surface area contributed by atoms with Crippen molar-refractivity contribution in [2.24, 2.45) is 0 Å². The van der Waals surface area contributed by atoms with Gasteiger partial charge in [0.05, 0.1) is 38.1 Å². The highest BCUT2D eigenvalue weighted by molar-refractivity contribution is 5.85. The van der Waals surface area contributed by atoms with Gasteiger partial charge in [0, 0.05) is 24.4 Å². The molecule has 0 radical (unpaired) electrons. The Morgan fingerprint density at radius 3 is 2.37 bits per heavy atom. The van der Waals surface area contributed by atoms with Crippen LogP contribution in [0.1, 0.15) is 41.0 Å². The van der Waals surface area contributed by atoms with Crippen LogP contribution in [-0.4, -0.2) is 32.4 Å². The summed E-state index contributed by atoms with van der Waals surface area (Å²) in [5, 5.41) is 3.22. The topological polar surface area (TPSA) is 39.7 Å². The lowest BCUT2D eigenvalue weighted by molar-refractivity contribution is -0.139. The largest absolute Gasteiger partial charge is 0.494 e. The lowest BCUT2D eigenvalue weighted by atomic mass is 9.87. The normalized spacial score (nSPS) is 17.6. The molecule has 206 valence electrons. The Hall–Kier alpha value is -2.65. The number of nitrogens with one attached hydrogen (secondary N) is 1. The minimum atomic E-state index is -4.64. The smallest absolute Gasteiger partial charge is 0.416 e. The van der Waals surface area contributed by atoms with Crippen molar-refractivity contribution in [3.63, 3.8) is 0 Å². The molecule has 0 aromatic heterocycles. The Morgan fingerprint density at radius 2 is 1.63 bits per heavy atom. The molecular weight excluding hydrogens is 522 g/mol. The maximum atomic E-state index is 14.2. The van der Waals surface area contributed by atoms with Crippen LogP contribution in [-0.2, 0) is 28.9 Å². The van der Waals surface area contributed by atoms with Gasteiger partial charge in [0.15, 0.2) is 0 Å². The number of halogens is 5. The van der Waals surface area contributed by atoms with E-state index in [4.69, 9.17) is 14.2 Å². The molecule has 3 aromatic carbocycles. The quantitative estimate of drug-likeness (QED) is 0.207. The van der Waals surface area contributed by atoms with Crippen molar-refractivity contribution in [1.82, 2.24) is 5.32 Å². The second-order valence-corrected chi connectivity index (χ2v) is 9.02. The molecule has 1 aliphatic rings. The van der Waals surface area contributed by atoms with Crippen LogP contribution in [0.25, 0.3) is 0 Å². The van der Waals surface area contributed by atoms with E-state index in [-0.39, 0.29) is 24.4 Å². The zero-order chi connectivity index (χ0) is 26.1. The van der Waals surface area contributed by atoms with E-state index in [9.17, 15) is 17.6 Å². The van der Waals surface area contributed by atoms with Gasteiger partial charge in [0.1, 0.15) is 11.6 Å². The number of hydrogen-bond donors (Lipinski definition) is 1. The molecule has 9 heteroatoms. The van der Waals surface area contributed by atoms with Crippen LogP contribution in [0.5, 0.6) is 5.75 Å². The molecule has 1 N–H and O–H groups in total. The summed E-state index contributed by atoms with van der Waals surface area (Å²) in [5.74, 6) is -0.204. The molecule has 1 fully saturated rings. The molecule has 3 aromatic rings. The second-order valence-electron chi connectivity index (χ2n) is 9.02. The third-order valence-electron chi connectivity index (χ3n) is 6.41. The first-order valence-electron chi connectivity index (χ1n) is 12.4. The monoisotopic (exact) mass is 553 g/mol. The third kappa shape index (κ3) is 8.43. The van der Waals surface area contributed by atoms with Gasteiger partial charge in [-0.25, -0.2) is 4.39 Å². The van der Waals surface area contributed by atoms with Crippen molar-refractivity contribution in [2.45, 2.75) is 44.3 Å². The summed E-state index contributed by atoms with van der Waals surface area (Å²) < 4.78 is 71.6. The summed E-state index contributed by atoms with van der Waals surface area (Å²) in [5.41, 5.74) is 0.680. The van der Waals surface area contributed by atoms with Gasteiger partial charge in [-0.15, -0.1) is 12.4 Å². The summed E-state index contributed by atoms with van der Waals surface area (Å²) in [4.78, 5) is 0. The van der Waals surface area contributed by atoms with Crippen molar-refractivity contribution in [1.29, 1.82) is 0 Å². The van der Waals surface area contributed by atoms with Crippen LogP contribution in [0.3, 0.4) is 0 Å². The third-order valence-corrected chi connectivity index (χ3v) is 6.41. The predicted molar refractivity (Wildman–Crippen MR) is 140 cm³/mol. The molecule has 2 unspecified atom stereocenters. The zero-order valence-corrected chi connectivity index (χ0v) is 21.7. The summed E-state index contributed by atoms with van der Waals surface area (Å²) in [7, 11) is 0. The van der Waals surface area contributed by atoms with Crippen LogP contribution in [0.15, 0.2) is 72.8 Å². The van der Waals surface area contributed by atoms with Crippen molar-refractivity contribution in [3.05, 3.63) is 101 Å². The summed E-state index contributed by atoms with van der Waals surface area (Å²) in [6, 6.07) is 20.6. The van der Waals surface area contributed by atoms with Crippen molar-refractivity contribution in [3.8, 4) is 5.75 Å². The van der Waals surface area contributed by atoms with Crippen molar-refractivity contribution in [2.75, 3.05) is 26.3 Å². The lowest BCUT2D eigenvalue weighted by Crippen LogP contribution is -2.41. The molecule has 4 nitrogen and oxygen atoms in total. The number of rotatable bonds is 11. The maximum Gasteiger partial charge on any atom is 0.416 e. The van der Waals surface area contributed by atoms with Crippen molar-refractivity contribution >= 4 is 12.4 Å². The van der Waals surface area contributed by atoms with Gasteiger partial charge in [-0.2, -0.15) is 13.2 Å². The first-order valence-corrected chi connectivity index (χ1v) is 12.4. The fourth-order valence-electron chi connectivity index (χ4n) is 4.47. The predicted octanol–water partition coefficient (Wildman–Crippen LogP) is 6.91. The zero-order valence-electron chi connectivity index (χ0n) is 20.9. The number of benzene rings is 3. The Morgan fingerprint density at radius 1 is 0.868 bits per heavy atom. The lowest BCUT2D eigenvalue weighted by Gasteiger charge is -2.33. The molecule has 0 bridgehead atoms. The van der Waals surface area contributed by atoms with Crippen LogP contribution in [0.4, 0.5) is 17.6 Å². The van der Waals surface area contributed by atoms with E-state index in [0.717, 1.165) is 54.5 Å². The molecule has 0 amide bonds. The van der Waals surface area contributed by atoms with Crippen LogP contribution < -0.4 is 10.1 Å². The molecular formula is C29H32ClF4NO3. The highest BCUT2D eigenvalue weighted by Gasteiger charge is 2.35. The standard InChI is InChI=1S/C29H31F4NO3.ClH/c30-27-9-4-8-26(29(31,32)33)25(27)20-37-28-18-34-15-14-24(28)22-10-12-23(13-11-22)36-17-5-16-35-19-21-6-2-1-3-7-21;/h1-4,6-13,24,28,34H,5,14-20H2;1H. The fraction of sp³-hybridized carbons (Fsp3) is 0.379. The molecule has 38 heavy (non-hydrogen) atoms.